The first-order valence-corrected chi connectivity index (χ1v) is 7.08. The summed E-state index contributed by atoms with van der Waals surface area (Å²) < 4.78 is 0. The molecule has 0 radical (unpaired) electrons. The van der Waals surface area contributed by atoms with Gasteiger partial charge in [0.2, 0.25) is 0 Å². The Morgan fingerprint density at radius 2 is 1.90 bits per heavy atom. The Labute approximate surface area is 130 Å². The van der Waals surface area contributed by atoms with Gasteiger partial charge in [0.05, 0.1) is 6.04 Å². The molecule has 5 nitrogen and oxygen atoms in total. The first kappa shape index (κ1) is 15.5. The molecule has 0 spiro atoms. The summed E-state index contributed by atoms with van der Waals surface area (Å²) in [5, 5.41) is 4.89. The number of rotatable bonds is 3. The van der Waals surface area contributed by atoms with E-state index < -0.39 is 0 Å². The maximum atomic E-state index is 12.0. The summed E-state index contributed by atoms with van der Waals surface area (Å²) in [6.45, 7) is 3.36. The molecule has 6 heteroatoms. The zero-order chi connectivity index (χ0) is 15.7. The summed E-state index contributed by atoms with van der Waals surface area (Å²) in [6.07, 6.45) is 0. The van der Waals surface area contributed by atoms with Crippen LogP contribution in [-0.2, 0) is 4.79 Å². The van der Waals surface area contributed by atoms with Crippen LogP contribution in [0.5, 0.6) is 0 Å². The van der Waals surface area contributed by atoms with E-state index in [1.807, 2.05) is 50.2 Å². The first-order valence-electron chi connectivity index (χ1n) is 6.67. The zero-order valence-electron chi connectivity index (χ0n) is 12.7. The molecule has 0 saturated carbocycles. The number of nitrogens with two attached hydrogens (primary N) is 1. The number of anilines is 1. The fourth-order valence-corrected chi connectivity index (χ4v) is 2.68. The van der Waals surface area contributed by atoms with E-state index in [9.17, 15) is 4.79 Å². The number of allylic oxidation sites excluding steroid dienone is 1. The van der Waals surface area contributed by atoms with Crippen LogP contribution in [0.1, 0.15) is 25.5 Å². The molecule has 0 aromatic heterocycles. The Hall–Kier alpha value is -1.92. The largest absolute Gasteiger partial charge is 0.378 e. The molecular formula is C15H20N4OS. The molecule has 0 amide bonds. The van der Waals surface area contributed by atoms with Crippen LogP contribution >= 0.6 is 12.2 Å². The van der Waals surface area contributed by atoms with Gasteiger partial charge in [0, 0.05) is 31.1 Å². The molecule has 21 heavy (non-hydrogen) atoms. The van der Waals surface area contributed by atoms with Crippen LogP contribution in [0.4, 0.5) is 5.69 Å². The van der Waals surface area contributed by atoms with Crippen LogP contribution in [0.15, 0.2) is 35.5 Å². The highest BCUT2D eigenvalue weighted by atomic mass is 32.1. The van der Waals surface area contributed by atoms with Crippen molar-refractivity contribution < 1.29 is 4.79 Å². The van der Waals surface area contributed by atoms with Crippen molar-refractivity contribution in [2.75, 3.05) is 19.0 Å². The van der Waals surface area contributed by atoms with Gasteiger partial charge in [-0.05, 0) is 43.8 Å². The van der Waals surface area contributed by atoms with E-state index in [0.29, 0.717) is 16.4 Å². The summed E-state index contributed by atoms with van der Waals surface area (Å²) in [6, 6.07) is 7.77. The zero-order valence-corrected chi connectivity index (χ0v) is 13.5. The van der Waals surface area contributed by atoms with E-state index in [2.05, 4.69) is 5.32 Å². The lowest BCUT2D eigenvalue weighted by Gasteiger charge is -2.35. The van der Waals surface area contributed by atoms with Crippen molar-refractivity contribution in [3.63, 3.8) is 0 Å². The molecule has 0 saturated heterocycles. The number of carbonyl (C=O) groups is 1. The minimum atomic E-state index is -0.258. The number of carbonyl (C=O) groups excluding carboxylic acids is 1. The quantitative estimate of drug-likeness (QED) is 0.655. The van der Waals surface area contributed by atoms with Gasteiger partial charge in [0.15, 0.2) is 10.9 Å². The van der Waals surface area contributed by atoms with E-state index in [0.717, 1.165) is 11.3 Å². The maximum Gasteiger partial charge on any atom is 0.188 e. The topological polar surface area (TPSA) is 61.6 Å². The van der Waals surface area contributed by atoms with Gasteiger partial charge >= 0.3 is 0 Å². The van der Waals surface area contributed by atoms with Crippen molar-refractivity contribution in [3.05, 3.63) is 41.1 Å². The summed E-state index contributed by atoms with van der Waals surface area (Å²) in [4.78, 5) is 14.0. The molecule has 0 bridgehead atoms. The van der Waals surface area contributed by atoms with Crippen LogP contribution in [0.3, 0.4) is 0 Å². The van der Waals surface area contributed by atoms with Crippen molar-refractivity contribution in [1.82, 2.24) is 10.3 Å². The lowest BCUT2D eigenvalue weighted by atomic mass is 9.93. The fraction of sp³-hybridized carbons (Fsp3) is 0.333. The number of hydrogen-bond acceptors (Lipinski definition) is 4. The van der Waals surface area contributed by atoms with Crippen LogP contribution in [0.2, 0.25) is 0 Å². The molecular weight excluding hydrogens is 284 g/mol. The SMILES string of the molecule is CC(=O)C1=C(C)N(N)C(=S)N[C@@H]1c1ccc(N(C)C)cc1. The summed E-state index contributed by atoms with van der Waals surface area (Å²) >= 11 is 5.23. The lowest BCUT2D eigenvalue weighted by molar-refractivity contribution is -0.114. The van der Waals surface area contributed by atoms with Crippen LogP contribution in [0, 0.1) is 0 Å². The third-order valence-corrected chi connectivity index (χ3v) is 3.96. The van der Waals surface area contributed by atoms with Gasteiger partial charge in [0.1, 0.15) is 0 Å². The third-order valence-electron chi connectivity index (χ3n) is 3.65. The number of ketones is 1. The standard InChI is InChI=1S/C15H20N4OS/c1-9-13(10(2)20)14(17-15(21)19(9)16)11-5-7-12(8-6-11)18(3)4/h5-8,14H,16H2,1-4H3,(H,17,21)/t14-/m1/s1. The summed E-state index contributed by atoms with van der Waals surface area (Å²) in [5.41, 5.74) is 3.42. The fourth-order valence-electron chi connectivity index (χ4n) is 2.43. The van der Waals surface area contributed by atoms with E-state index in [1.54, 1.807) is 6.92 Å². The highest BCUT2D eigenvalue weighted by Gasteiger charge is 2.30. The minimum Gasteiger partial charge on any atom is -0.378 e. The molecule has 1 aromatic carbocycles. The van der Waals surface area contributed by atoms with Gasteiger partial charge < -0.3 is 10.2 Å². The highest BCUT2D eigenvalue weighted by Crippen LogP contribution is 2.30. The number of hydrogen-bond donors (Lipinski definition) is 2. The minimum absolute atomic E-state index is 0.0142. The first-order chi connectivity index (χ1) is 9.82. The molecule has 1 aromatic rings. The number of nitrogens with one attached hydrogen (secondary N) is 1. The van der Waals surface area contributed by atoms with Gasteiger partial charge in [0.25, 0.3) is 0 Å². The number of nitrogens with zero attached hydrogens (tertiary/aromatic N) is 2. The molecule has 1 aliphatic rings. The lowest BCUT2D eigenvalue weighted by Crippen LogP contribution is -2.50. The van der Waals surface area contributed by atoms with Crippen LogP contribution in [0.25, 0.3) is 0 Å². The number of thiocarbonyl (C=S) groups is 1. The smallest absolute Gasteiger partial charge is 0.188 e. The monoisotopic (exact) mass is 304 g/mol. The second-order valence-electron chi connectivity index (χ2n) is 5.29. The van der Waals surface area contributed by atoms with E-state index in [1.165, 1.54) is 5.01 Å². The maximum absolute atomic E-state index is 12.0. The molecule has 1 heterocycles. The molecule has 0 aliphatic carbocycles. The molecule has 2 rings (SSSR count). The molecule has 1 atom stereocenters. The van der Waals surface area contributed by atoms with Crippen molar-refractivity contribution in [2.24, 2.45) is 5.84 Å². The van der Waals surface area contributed by atoms with Crippen LogP contribution in [-0.4, -0.2) is 30.0 Å². The van der Waals surface area contributed by atoms with E-state index in [4.69, 9.17) is 18.1 Å². The summed E-state index contributed by atoms with van der Waals surface area (Å²) in [5.74, 6) is 5.85. The number of hydrazine groups is 1. The van der Waals surface area contributed by atoms with Crippen molar-refractivity contribution in [1.29, 1.82) is 0 Å². The molecule has 1 aliphatic heterocycles. The highest BCUT2D eigenvalue weighted by molar-refractivity contribution is 7.80. The molecule has 0 unspecified atom stereocenters. The predicted molar refractivity (Wildman–Crippen MR) is 88.7 cm³/mol. The summed E-state index contributed by atoms with van der Waals surface area (Å²) in [7, 11) is 3.97. The van der Waals surface area contributed by atoms with Crippen molar-refractivity contribution >= 4 is 28.8 Å². The van der Waals surface area contributed by atoms with Gasteiger partial charge in [-0.2, -0.15) is 0 Å². The van der Waals surface area contributed by atoms with Gasteiger partial charge in [-0.25, -0.2) is 5.84 Å². The molecule has 0 fully saturated rings. The van der Waals surface area contributed by atoms with Gasteiger partial charge in [-0.3, -0.25) is 9.80 Å². The predicted octanol–water partition coefficient (Wildman–Crippen LogP) is 1.72. The van der Waals surface area contributed by atoms with Gasteiger partial charge in [-0.15, -0.1) is 0 Å². The third kappa shape index (κ3) is 2.91. The normalized spacial score (nSPS) is 18.6. The molecule has 112 valence electrons. The Bertz CT molecular complexity index is 607. The average molecular weight is 304 g/mol. The number of benzene rings is 1. The van der Waals surface area contributed by atoms with Crippen molar-refractivity contribution in [3.8, 4) is 0 Å². The second-order valence-corrected chi connectivity index (χ2v) is 5.68. The second kappa shape index (κ2) is 5.83. The van der Waals surface area contributed by atoms with E-state index >= 15 is 0 Å². The number of Topliss-reactive ketones (excluding diaryl/α,β-unsaturated/α-hetero) is 1. The average Bonchev–Trinajstić information content (AvgIpc) is 2.44. The van der Waals surface area contributed by atoms with Crippen molar-refractivity contribution in [2.45, 2.75) is 19.9 Å². The Morgan fingerprint density at radius 1 is 1.33 bits per heavy atom. The Morgan fingerprint density at radius 3 is 2.38 bits per heavy atom. The van der Waals surface area contributed by atoms with Crippen LogP contribution < -0.4 is 16.1 Å². The molecule has 3 N–H and O–H groups in total. The Kier molecular flexibility index (Phi) is 4.29. The Balaban J connectivity index is 2.45. The van der Waals surface area contributed by atoms with E-state index in [-0.39, 0.29) is 11.8 Å². The van der Waals surface area contributed by atoms with Gasteiger partial charge in [-0.1, -0.05) is 12.1 Å².